The number of amides is 1. The van der Waals surface area contributed by atoms with Crippen LogP contribution in [-0.4, -0.2) is 26.2 Å². The number of halogens is 1. The van der Waals surface area contributed by atoms with Crippen LogP contribution >= 0.6 is 15.9 Å². The Balaban J connectivity index is 2.06. The molecule has 0 bridgehead atoms. The second kappa shape index (κ2) is 7.86. The van der Waals surface area contributed by atoms with E-state index in [9.17, 15) is 4.79 Å². The summed E-state index contributed by atoms with van der Waals surface area (Å²) in [7, 11) is 3.15. The van der Waals surface area contributed by atoms with Gasteiger partial charge in [-0.15, -0.1) is 0 Å². The Labute approximate surface area is 140 Å². The van der Waals surface area contributed by atoms with Crippen molar-refractivity contribution in [2.24, 2.45) is 5.92 Å². The molecule has 0 aliphatic heterocycles. The lowest BCUT2D eigenvalue weighted by Gasteiger charge is -2.28. The van der Waals surface area contributed by atoms with Crippen molar-refractivity contribution in [1.82, 2.24) is 5.32 Å². The highest BCUT2D eigenvalue weighted by molar-refractivity contribution is 9.10. The maximum Gasteiger partial charge on any atom is 0.251 e. The second-order valence-electron chi connectivity index (χ2n) is 5.79. The van der Waals surface area contributed by atoms with E-state index in [1.165, 1.54) is 19.3 Å². The summed E-state index contributed by atoms with van der Waals surface area (Å²) in [5, 5.41) is 3.14. The summed E-state index contributed by atoms with van der Waals surface area (Å²) in [5.74, 6) is 1.95. The van der Waals surface area contributed by atoms with E-state index in [0.717, 1.165) is 23.2 Å². The number of nitrogens with one attached hydrogen (secondary N) is 1. The molecule has 1 saturated carbocycles. The van der Waals surface area contributed by atoms with Gasteiger partial charge in [-0.2, -0.15) is 0 Å². The number of hydrogen-bond acceptors (Lipinski definition) is 3. The van der Waals surface area contributed by atoms with Crippen LogP contribution in [0.1, 0.15) is 49.4 Å². The van der Waals surface area contributed by atoms with Crippen molar-refractivity contribution >= 4 is 21.8 Å². The zero-order chi connectivity index (χ0) is 16.1. The minimum absolute atomic E-state index is 0.0657. The lowest BCUT2D eigenvalue weighted by atomic mass is 9.84. The summed E-state index contributed by atoms with van der Waals surface area (Å²) in [6.45, 7) is 2.24. The molecule has 1 amide bonds. The standard InChI is InChI=1S/C17H24BrNO3/c1-4-11-5-7-13(8-6-11)19-17(20)12-9-14(21-2)16(18)15(10-12)22-3/h9-11,13H,4-8H2,1-3H3,(H,19,20). The van der Waals surface area contributed by atoms with Gasteiger partial charge < -0.3 is 14.8 Å². The average molecular weight is 370 g/mol. The molecule has 0 atom stereocenters. The molecule has 0 spiro atoms. The summed E-state index contributed by atoms with van der Waals surface area (Å²) in [6, 6.07) is 3.75. The van der Waals surface area contributed by atoms with Crippen molar-refractivity contribution in [3.63, 3.8) is 0 Å². The molecule has 0 aromatic heterocycles. The van der Waals surface area contributed by atoms with Crippen LogP contribution in [0, 0.1) is 5.92 Å². The number of rotatable bonds is 5. The molecule has 1 aliphatic carbocycles. The normalized spacial score (nSPS) is 21.3. The number of methoxy groups -OCH3 is 2. The average Bonchev–Trinajstić information content (AvgIpc) is 2.55. The summed E-state index contributed by atoms with van der Waals surface area (Å²) < 4.78 is 11.3. The van der Waals surface area contributed by atoms with Crippen LogP contribution in [-0.2, 0) is 0 Å². The van der Waals surface area contributed by atoms with Gasteiger partial charge in [0.05, 0.1) is 14.2 Å². The smallest absolute Gasteiger partial charge is 0.251 e. The molecule has 1 N–H and O–H groups in total. The van der Waals surface area contributed by atoms with E-state index in [1.807, 2.05) is 0 Å². The molecule has 0 radical (unpaired) electrons. The van der Waals surface area contributed by atoms with Crippen LogP contribution < -0.4 is 14.8 Å². The third-order valence-corrected chi connectivity index (χ3v) is 5.25. The molecule has 4 nitrogen and oxygen atoms in total. The van der Waals surface area contributed by atoms with E-state index < -0.39 is 0 Å². The molecule has 22 heavy (non-hydrogen) atoms. The molecule has 1 aliphatic rings. The highest BCUT2D eigenvalue weighted by Crippen LogP contribution is 2.35. The third kappa shape index (κ3) is 3.94. The first-order chi connectivity index (χ1) is 10.6. The Morgan fingerprint density at radius 2 is 1.73 bits per heavy atom. The van der Waals surface area contributed by atoms with E-state index in [4.69, 9.17) is 9.47 Å². The number of hydrogen-bond donors (Lipinski definition) is 1. The van der Waals surface area contributed by atoms with E-state index in [0.29, 0.717) is 17.1 Å². The zero-order valence-corrected chi connectivity index (χ0v) is 15.0. The summed E-state index contributed by atoms with van der Waals surface area (Å²) in [4.78, 5) is 12.5. The van der Waals surface area contributed by atoms with Gasteiger partial charge >= 0.3 is 0 Å². The maximum absolute atomic E-state index is 12.5. The van der Waals surface area contributed by atoms with E-state index in [1.54, 1.807) is 26.4 Å². The second-order valence-corrected chi connectivity index (χ2v) is 6.59. The van der Waals surface area contributed by atoms with Gasteiger partial charge in [-0.3, -0.25) is 4.79 Å². The predicted octanol–water partition coefficient (Wildman–Crippen LogP) is 4.16. The summed E-state index contributed by atoms with van der Waals surface area (Å²) in [5.41, 5.74) is 0.564. The Hall–Kier alpha value is -1.23. The minimum Gasteiger partial charge on any atom is -0.495 e. The molecule has 1 fully saturated rings. The fourth-order valence-electron chi connectivity index (χ4n) is 2.98. The molecule has 1 aromatic rings. The fraction of sp³-hybridized carbons (Fsp3) is 0.588. The van der Waals surface area contributed by atoms with Gasteiger partial charge in [-0.25, -0.2) is 0 Å². The number of ether oxygens (including phenoxy) is 2. The fourth-order valence-corrected chi connectivity index (χ4v) is 3.54. The lowest BCUT2D eigenvalue weighted by Crippen LogP contribution is -2.37. The van der Waals surface area contributed by atoms with Crippen molar-refractivity contribution in [1.29, 1.82) is 0 Å². The van der Waals surface area contributed by atoms with Crippen molar-refractivity contribution in [3.05, 3.63) is 22.2 Å². The molecular weight excluding hydrogens is 346 g/mol. The Morgan fingerprint density at radius 3 is 2.18 bits per heavy atom. The van der Waals surface area contributed by atoms with E-state index >= 15 is 0 Å². The first-order valence-electron chi connectivity index (χ1n) is 7.81. The molecule has 122 valence electrons. The van der Waals surface area contributed by atoms with Crippen LogP contribution in [0.15, 0.2) is 16.6 Å². The van der Waals surface area contributed by atoms with Crippen LogP contribution in [0.4, 0.5) is 0 Å². The van der Waals surface area contributed by atoms with Crippen molar-refractivity contribution < 1.29 is 14.3 Å². The molecule has 0 heterocycles. The van der Waals surface area contributed by atoms with E-state index in [2.05, 4.69) is 28.2 Å². The van der Waals surface area contributed by atoms with Crippen LogP contribution in [0.25, 0.3) is 0 Å². The maximum atomic E-state index is 12.5. The highest BCUT2D eigenvalue weighted by atomic mass is 79.9. The van der Waals surface area contributed by atoms with Crippen molar-refractivity contribution in [2.45, 2.75) is 45.1 Å². The van der Waals surface area contributed by atoms with Gasteiger partial charge in [0.2, 0.25) is 0 Å². The summed E-state index contributed by atoms with van der Waals surface area (Å²) in [6.07, 6.45) is 5.77. The van der Waals surface area contributed by atoms with Gasteiger partial charge in [0, 0.05) is 11.6 Å². The zero-order valence-electron chi connectivity index (χ0n) is 13.4. The molecule has 0 unspecified atom stereocenters. The molecule has 0 saturated heterocycles. The number of carbonyl (C=O) groups excluding carboxylic acids is 1. The topological polar surface area (TPSA) is 47.6 Å². The quantitative estimate of drug-likeness (QED) is 0.847. The molecule has 2 rings (SSSR count). The summed E-state index contributed by atoms with van der Waals surface area (Å²) >= 11 is 3.42. The van der Waals surface area contributed by atoms with Gasteiger partial charge in [0.1, 0.15) is 16.0 Å². The Bertz CT molecular complexity index is 500. The Kier molecular flexibility index (Phi) is 6.12. The SMILES string of the molecule is CCC1CCC(NC(=O)c2cc(OC)c(Br)c(OC)c2)CC1. The van der Waals surface area contributed by atoms with Gasteiger partial charge in [-0.1, -0.05) is 13.3 Å². The highest BCUT2D eigenvalue weighted by Gasteiger charge is 2.22. The lowest BCUT2D eigenvalue weighted by molar-refractivity contribution is 0.0921. The Morgan fingerprint density at radius 1 is 1.18 bits per heavy atom. The van der Waals surface area contributed by atoms with Gasteiger partial charge in [0.25, 0.3) is 5.91 Å². The first kappa shape index (κ1) is 17.1. The van der Waals surface area contributed by atoms with Crippen molar-refractivity contribution in [3.8, 4) is 11.5 Å². The number of carbonyl (C=O) groups is 1. The molecule has 5 heteroatoms. The van der Waals surface area contributed by atoms with E-state index in [-0.39, 0.29) is 11.9 Å². The van der Waals surface area contributed by atoms with Gasteiger partial charge in [0.15, 0.2) is 0 Å². The first-order valence-corrected chi connectivity index (χ1v) is 8.60. The van der Waals surface area contributed by atoms with Crippen LogP contribution in [0.5, 0.6) is 11.5 Å². The molecule has 1 aromatic carbocycles. The largest absolute Gasteiger partial charge is 0.495 e. The van der Waals surface area contributed by atoms with Crippen LogP contribution in [0.2, 0.25) is 0 Å². The number of benzene rings is 1. The third-order valence-electron chi connectivity index (χ3n) is 4.47. The minimum atomic E-state index is -0.0657. The molecular formula is C17H24BrNO3. The predicted molar refractivity (Wildman–Crippen MR) is 90.7 cm³/mol. The van der Waals surface area contributed by atoms with Gasteiger partial charge in [-0.05, 0) is 59.7 Å². The monoisotopic (exact) mass is 369 g/mol. The van der Waals surface area contributed by atoms with Crippen molar-refractivity contribution in [2.75, 3.05) is 14.2 Å². The van der Waals surface area contributed by atoms with Crippen LogP contribution in [0.3, 0.4) is 0 Å².